The topological polar surface area (TPSA) is 37.8 Å². The van der Waals surface area contributed by atoms with Gasteiger partial charge in [-0.25, -0.2) is 4.39 Å². The van der Waals surface area contributed by atoms with Gasteiger partial charge in [-0.2, -0.15) is 23.4 Å². The molecule has 0 aliphatic carbocycles. The average molecular weight is 299 g/mol. The lowest BCUT2D eigenvalue weighted by Gasteiger charge is -2.19. The molecule has 0 aliphatic rings. The van der Waals surface area contributed by atoms with Gasteiger partial charge in [0.15, 0.2) is 0 Å². The van der Waals surface area contributed by atoms with Crippen molar-refractivity contribution in [3.8, 4) is 0 Å². The lowest BCUT2D eigenvalue weighted by Crippen LogP contribution is -2.22. The highest BCUT2D eigenvalue weighted by molar-refractivity contribution is 5.33. The fourth-order valence-corrected chi connectivity index (χ4v) is 2.04. The van der Waals surface area contributed by atoms with Crippen LogP contribution < -0.4 is 5.32 Å². The van der Waals surface area contributed by atoms with Crippen LogP contribution in [0, 0.1) is 5.82 Å². The van der Waals surface area contributed by atoms with Crippen LogP contribution in [0.15, 0.2) is 36.7 Å². The van der Waals surface area contributed by atoms with Gasteiger partial charge in [-0.3, -0.25) is 0 Å². The molecule has 1 unspecified atom stereocenters. The summed E-state index contributed by atoms with van der Waals surface area (Å²) in [5.41, 5.74) is -0.171. The molecule has 2 aromatic rings. The van der Waals surface area contributed by atoms with Crippen LogP contribution in [-0.2, 0) is 6.18 Å². The van der Waals surface area contributed by atoms with E-state index in [1.807, 2.05) is 6.92 Å². The molecule has 0 saturated carbocycles. The lowest BCUT2D eigenvalue weighted by molar-refractivity contribution is -0.140. The van der Waals surface area contributed by atoms with Crippen molar-refractivity contribution < 1.29 is 17.6 Å². The maximum atomic E-state index is 13.7. The number of alkyl halides is 3. The van der Waals surface area contributed by atoms with Crippen LogP contribution in [0.1, 0.15) is 29.7 Å². The number of aromatic nitrogens is 2. The summed E-state index contributed by atoms with van der Waals surface area (Å²) in [6, 6.07) is 4.15. The van der Waals surface area contributed by atoms with Crippen molar-refractivity contribution in [1.82, 2.24) is 15.5 Å². The first kappa shape index (κ1) is 15.4. The van der Waals surface area contributed by atoms with Gasteiger partial charge in [-0.1, -0.05) is 13.0 Å². The number of benzene rings is 1. The molecule has 2 rings (SSSR count). The average Bonchev–Trinajstić information content (AvgIpc) is 2.44. The maximum Gasteiger partial charge on any atom is 0.419 e. The van der Waals surface area contributed by atoms with Crippen molar-refractivity contribution >= 4 is 0 Å². The Kier molecular flexibility index (Phi) is 4.52. The molecule has 0 radical (unpaired) electrons. The minimum absolute atomic E-state index is 0.398. The molecule has 0 spiro atoms. The molecule has 1 atom stereocenters. The van der Waals surface area contributed by atoms with E-state index < -0.39 is 23.6 Å². The minimum Gasteiger partial charge on any atom is -0.306 e. The molecular formula is C14H13F4N3. The summed E-state index contributed by atoms with van der Waals surface area (Å²) in [7, 11) is 0. The first-order chi connectivity index (χ1) is 9.93. The zero-order valence-electron chi connectivity index (χ0n) is 11.2. The minimum atomic E-state index is -4.70. The fourth-order valence-electron chi connectivity index (χ4n) is 2.04. The first-order valence-electron chi connectivity index (χ1n) is 6.30. The quantitative estimate of drug-likeness (QED) is 0.880. The highest BCUT2D eigenvalue weighted by Crippen LogP contribution is 2.33. The van der Waals surface area contributed by atoms with Gasteiger partial charge in [-0.05, 0) is 35.9 Å². The van der Waals surface area contributed by atoms with Crippen molar-refractivity contribution in [3.63, 3.8) is 0 Å². The van der Waals surface area contributed by atoms with Crippen molar-refractivity contribution in [2.75, 3.05) is 6.54 Å². The Labute approximate surface area is 119 Å². The Morgan fingerprint density at radius 2 is 1.90 bits per heavy atom. The highest BCUT2D eigenvalue weighted by atomic mass is 19.4. The monoisotopic (exact) mass is 299 g/mol. The number of hydrogen-bond donors (Lipinski definition) is 1. The molecule has 1 aromatic carbocycles. The number of hydrogen-bond acceptors (Lipinski definition) is 3. The van der Waals surface area contributed by atoms with Crippen molar-refractivity contribution in [1.29, 1.82) is 0 Å². The van der Waals surface area contributed by atoms with E-state index in [2.05, 4.69) is 15.5 Å². The van der Waals surface area contributed by atoms with Crippen molar-refractivity contribution in [2.45, 2.75) is 19.1 Å². The second-order valence-electron chi connectivity index (χ2n) is 4.40. The molecule has 112 valence electrons. The molecule has 0 saturated heterocycles. The molecule has 7 heteroatoms. The third-order valence-corrected chi connectivity index (χ3v) is 2.98. The lowest BCUT2D eigenvalue weighted by atomic mass is 9.99. The molecule has 1 N–H and O–H groups in total. The second kappa shape index (κ2) is 6.17. The smallest absolute Gasteiger partial charge is 0.306 e. The van der Waals surface area contributed by atoms with Crippen LogP contribution in [0.3, 0.4) is 0 Å². The van der Waals surface area contributed by atoms with Crippen LogP contribution in [0.25, 0.3) is 0 Å². The first-order valence-corrected chi connectivity index (χ1v) is 6.30. The van der Waals surface area contributed by atoms with Gasteiger partial charge >= 0.3 is 6.18 Å². The Morgan fingerprint density at radius 1 is 1.14 bits per heavy atom. The summed E-state index contributed by atoms with van der Waals surface area (Å²) in [5.74, 6) is -1.29. The molecule has 21 heavy (non-hydrogen) atoms. The van der Waals surface area contributed by atoms with Gasteiger partial charge in [0, 0.05) is 6.20 Å². The Hall–Kier alpha value is -2.02. The molecule has 0 aliphatic heterocycles. The molecule has 0 bridgehead atoms. The van der Waals surface area contributed by atoms with E-state index in [0.29, 0.717) is 17.7 Å². The SMILES string of the molecule is CCNC(c1ccnnc1)c1ccc(C(F)(F)F)c(F)c1. The standard InChI is InChI=1S/C14H13F4N3/c1-2-19-13(10-5-6-20-21-8-10)9-3-4-11(12(15)7-9)14(16,17)18/h3-8,13,19H,2H2,1H3. The summed E-state index contributed by atoms with van der Waals surface area (Å²) in [6.45, 7) is 2.41. The zero-order valence-corrected chi connectivity index (χ0v) is 11.2. The van der Waals surface area contributed by atoms with E-state index in [0.717, 1.165) is 12.1 Å². The van der Waals surface area contributed by atoms with Crippen LogP contribution >= 0.6 is 0 Å². The van der Waals surface area contributed by atoms with Crippen molar-refractivity contribution in [3.05, 3.63) is 59.2 Å². The predicted molar refractivity (Wildman–Crippen MR) is 69.0 cm³/mol. The van der Waals surface area contributed by atoms with E-state index in [9.17, 15) is 17.6 Å². The Morgan fingerprint density at radius 3 is 2.43 bits per heavy atom. The van der Waals surface area contributed by atoms with Crippen LogP contribution in [0.2, 0.25) is 0 Å². The summed E-state index contributed by atoms with van der Waals surface area (Å²) in [5, 5.41) is 10.5. The summed E-state index contributed by atoms with van der Waals surface area (Å²) >= 11 is 0. The van der Waals surface area contributed by atoms with E-state index in [-0.39, 0.29) is 0 Å². The molecule has 3 nitrogen and oxygen atoms in total. The van der Waals surface area contributed by atoms with Crippen LogP contribution in [0.4, 0.5) is 17.6 Å². The second-order valence-corrected chi connectivity index (χ2v) is 4.40. The zero-order chi connectivity index (χ0) is 15.5. The highest BCUT2D eigenvalue weighted by Gasteiger charge is 2.34. The van der Waals surface area contributed by atoms with Crippen molar-refractivity contribution in [2.24, 2.45) is 0 Å². The van der Waals surface area contributed by atoms with Gasteiger partial charge in [0.2, 0.25) is 0 Å². The number of rotatable bonds is 4. The van der Waals surface area contributed by atoms with E-state index in [1.54, 1.807) is 6.07 Å². The van der Waals surface area contributed by atoms with Crippen LogP contribution in [-0.4, -0.2) is 16.7 Å². The number of nitrogens with one attached hydrogen (secondary N) is 1. The molecule has 0 amide bonds. The van der Waals surface area contributed by atoms with Gasteiger partial charge in [-0.15, -0.1) is 0 Å². The third-order valence-electron chi connectivity index (χ3n) is 2.98. The molecule has 0 fully saturated rings. The number of halogens is 4. The predicted octanol–water partition coefficient (Wildman–Crippen LogP) is 3.33. The summed E-state index contributed by atoms with van der Waals surface area (Å²) in [6.07, 6.45) is -1.74. The summed E-state index contributed by atoms with van der Waals surface area (Å²) < 4.78 is 51.4. The fraction of sp³-hybridized carbons (Fsp3) is 0.286. The summed E-state index contributed by atoms with van der Waals surface area (Å²) in [4.78, 5) is 0. The normalized spacial score (nSPS) is 13.2. The number of nitrogens with zero attached hydrogens (tertiary/aromatic N) is 2. The van der Waals surface area contributed by atoms with Gasteiger partial charge < -0.3 is 5.32 Å². The van der Waals surface area contributed by atoms with E-state index >= 15 is 0 Å². The maximum absolute atomic E-state index is 13.7. The van der Waals surface area contributed by atoms with E-state index in [4.69, 9.17) is 0 Å². The third kappa shape index (κ3) is 3.55. The van der Waals surface area contributed by atoms with Gasteiger partial charge in [0.05, 0.1) is 17.8 Å². The van der Waals surface area contributed by atoms with Crippen LogP contribution in [0.5, 0.6) is 0 Å². The molecule has 1 heterocycles. The van der Waals surface area contributed by atoms with E-state index in [1.165, 1.54) is 18.5 Å². The molecule has 1 aromatic heterocycles. The Balaban J connectivity index is 2.41. The molecular weight excluding hydrogens is 286 g/mol. The largest absolute Gasteiger partial charge is 0.419 e. The van der Waals surface area contributed by atoms with Gasteiger partial charge in [0.1, 0.15) is 5.82 Å². The Bertz CT molecular complexity index is 599. The van der Waals surface area contributed by atoms with Gasteiger partial charge in [0.25, 0.3) is 0 Å².